The maximum absolute atomic E-state index is 13.5. The molecule has 1 fully saturated rings. The lowest BCUT2D eigenvalue weighted by molar-refractivity contribution is 0.271. The van der Waals surface area contributed by atoms with E-state index in [1.807, 2.05) is 12.1 Å². The Morgan fingerprint density at radius 1 is 0.852 bits per heavy atom. The Hall–Kier alpha value is -1.87. The lowest BCUT2D eigenvalue weighted by Gasteiger charge is -2.36. The van der Waals surface area contributed by atoms with Crippen molar-refractivity contribution in [3.8, 4) is 11.1 Å². The fraction of sp³-hybridized carbons (Fsp3) is 0.500. The summed E-state index contributed by atoms with van der Waals surface area (Å²) in [6.07, 6.45) is 7.52. The maximum Gasteiger partial charge on any atom is 0.123 e. The molecule has 0 amide bonds. The average Bonchev–Trinajstić information content (AvgIpc) is 2.69. The molecule has 1 aliphatic carbocycles. The predicted molar refractivity (Wildman–Crippen MR) is 112 cm³/mol. The van der Waals surface area contributed by atoms with Crippen molar-refractivity contribution in [2.24, 2.45) is 0 Å². The quantitative estimate of drug-likeness (QED) is 0.728. The molecular weight excluding hydrogens is 335 g/mol. The lowest BCUT2D eigenvalue weighted by atomic mass is 9.86. The number of fused-ring (bicyclic) bond motifs is 1. The van der Waals surface area contributed by atoms with E-state index in [0.29, 0.717) is 0 Å². The summed E-state index contributed by atoms with van der Waals surface area (Å²) in [4.78, 5) is 5.06. The number of halogens is 1. The summed E-state index contributed by atoms with van der Waals surface area (Å²) < 4.78 is 13.5. The molecule has 2 nitrogen and oxygen atoms in total. The molecule has 2 aliphatic rings. The molecule has 0 N–H and O–H groups in total. The third kappa shape index (κ3) is 4.19. The van der Waals surface area contributed by atoms with Crippen LogP contribution in [0.15, 0.2) is 36.4 Å². The second-order valence-electron chi connectivity index (χ2n) is 7.97. The second kappa shape index (κ2) is 8.43. The highest BCUT2D eigenvalue weighted by Crippen LogP contribution is 2.35. The average molecular weight is 367 g/mol. The molecule has 3 heteroatoms. The van der Waals surface area contributed by atoms with Crippen LogP contribution in [0.1, 0.15) is 43.7 Å². The molecule has 27 heavy (non-hydrogen) atoms. The Labute approximate surface area is 163 Å². The van der Waals surface area contributed by atoms with Gasteiger partial charge in [0.15, 0.2) is 0 Å². The SMILES string of the molecule is CCN1CCN(c2cc3c(c(-c4ccc(F)cc4)c2)CCCCCC3)CC1. The predicted octanol–water partition coefficient (Wildman–Crippen LogP) is 5.29. The van der Waals surface area contributed by atoms with Crippen molar-refractivity contribution in [1.29, 1.82) is 0 Å². The minimum absolute atomic E-state index is 0.159. The van der Waals surface area contributed by atoms with E-state index in [-0.39, 0.29) is 5.82 Å². The van der Waals surface area contributed by atoms with Gasteiger partial charge < -0.3 is 9.80 Å². The third-order valence-corrected chi connectivity index (χ3v) is 6.29. The lowest BCUT2D eigenvalue weighted by Crippen LogP contribution is -2.46. The number of aryl methyl sites for hydroxylation is 1. The number of piperazine rings is 1. The summed E-state index contributed by atoms with van der Waals surface area (Å²) in [5.74, 6) is -0.159. The van der Waals surface area contributed by atoms with Crippen molar-refractivity contribution in [1.82, 2.24) is 4.90 Å². The van der Waals surface area contributed by atoms with Crippen LogP contribution in [-0.4, -0.2) is 37.6 Å². The zero-order valence-electron chi connectivity index (χ0n) is 16.5. The van der Waals surface area contributed by atoms with Crippen LogP contribution in [0.2, 0.25) is 0 Å². The number of hydrogen-bond acceptors (Lipinski definition) is 2. The number of rotatable bonds is 3. The number of nitrogens with zero attached hydrogens (tertiary/aromatic N) is 2. The van der Waals surface area contributed by atoms with Gasteiger partial charge in [0.2, 0.25) is 0 Å². The van der Waals surface area contributed by atoms with Crippen LogP contribution < -0.4 is 4.90 Å². The Kier molecular flexibility index (Phi) is 5.77. The van der Waals surface area contributed by atoms with Crippen molar-refractivity contribution in [2.75, 3.05) is 37.6 Å². The van der Waals surface area contributed by atoms with Crippen molar-refractivity contribution >= 4 is 5.69 Å². The molecule has 0 radical (unpaired) electrons. The monoisotopic (exact) mass is 366 g/mol. The summed E-state index contributed by atoms with van der Waals surface area (Å²) in [6, 6.07) is 11.9. The van der Waals surface area contributed by atoms with Crippen LogP contribution in [-0.2, 0) is 12.8 Å². The van der Waals surface area contributed by atoms with Crippen molar-refractivity contribution in [3.63, 3.8) is 0 Å². The summed E-state index contributed by atoms with van der Waals surface area (Å²) in [6.45, 7) is 7.84. The number of anilines is 1. The molecule has 1 heterocycles. The Bertz CT molecular complexity index is 761. The van der Waals surface area contributed by atoms with Crippen molar-refractivity contribution in [3.05, 3.63) is 53.3 Å². The molecule has 0 aromatic heterocycles. The molecule has 1 aliphatic heterocycles. The van der Waals surface area contributed by atoms with Crippen LogP contribution in [0.5, 0.6) is 0 Å². The molecule has 0 saturated carbocycles. The van der Waals surface area contributed by atoms with Gasteiger partial charge in [0.1, 0.15) is 5.82 Å². The van der Waals surface area contributed by atoms with E-state index in [1.54, 1.807) is 12.1 Å². The molecular formula is C24H31FN2. The fourth-order valence-corrected chi connectivity index (χ4v) is 4.60. The van der Waals surface area contributed by atoms with Crippen LogP contribution in [0.4, 0.5) is 10.1 Å². The number of hydrogen-bond donors (Lipinski definition) is 0. The van der Waals surface area contributed by atoms with Crippen molar-refractivity contribution < 1.29 is 4.39 Å². The minimum atomic E-state index is -0.159. The van der Waals surface area contributed by atoms with Crippen LogP contribution in [0.25, 0.3) is 11.1 Å². The fourth-order valence-electron chi connectivity index (χ4n) is 4.60. The first-order valence-corrected chi connectivity index (χ1v) is 10.6. The number of benzene rings is 2. The molecule has 4 rings (SSSR count). The van der Waals surface area contributed by atoms with E-state index in [4.69, 9.17) is 0 Å². The molecule has 144 valence electrons. The summed E-state index contributed by atoms with van der Waals surface area (Å²) in [7, 11) is 0. The topological polar surface area (TPSA) is 6.48 Å². The number of likely N-dealkylation sites (N-methyl/N-ethyl adjacent to an activating group) is 1. The zero-order chi connectivity index (χ0) is 18.6. The van der Waals surface area contributed by atoms with Gasteiger partial charge in [0.25, 0.3) is 0 Å². The van der Waals surface area contributed by atoms with Gasteiger partial charge in [-0.1, -0.05) is 31.9 Å². The molecule has 0 unspecified atom stereocenters. The van der Waals surface area contributed by atoms with Gasteiger partial charge in [-0.25, -0.2) is 4.39 Å². The largest absolute Gasteiger partial charge is 0.369 e. The standard InChI is InChI=1S/C24H31FN2/c1-2-26-13-15-27(16-14-26)22-17-20-7-5-3-4-6-8-23(20)24(18-22)19-9-11-21(25)12-10-19/h9-12,17-18H,2-8,13-16H2,1H3. The van der Waals surface area contributed by atoms with E-state index in [9.17, 15) is 4.39 Å². The third-order valence-electron chi connectivity index (χ3n) is 6.29. The van der Waals surface area contributed by atoms with Gasteiger partial charge in [-0.05, 0) is 78.7 Å². The highest BCUT2D eigenvalue weighted by Gasteiger charge is 2.20. The highest BCUT2D eigenvalue weighted by atomic mass is 19.1. The second-order valence-corrected chi connectivity index (χ2v) is 7.97. The normalized spacial score (nSPS) is 18.7. The Balaban J connectivity index is 1.73. The van der Waals surface area contributed by atoms with E-state index >= 15 is 0 Å². The first kappa shape index (κ1) is 18.5. The van der Waals surface area contributed by atoms with Crippen LogP contribution >= 0.6 is 0 Å². The molecule has 0 spiro atoms. The smallest absolute Gasteiger partial charge is 0.123 e. The van der Waals surface area contributed by atoms with E-state index in [0.717, 1.165) is 44.7 Å². The van der Waals surface area contributed by atoms with E-state index in [1.165, 1.54) is 54.5 Å². The van der Waals surface area contributed by atoms with Gasteiger partial charge in [-0.15, -0.1) is 0 Å². The summed E-state index contributed by atoms with van der Waals surface area (Å²) in [5.41, 5.74) is 6.84. The summed E-state index contributed by atoms with van der Waals surface area (Å²) in [5, 5.41) is 0. The minimum Gasteiger partial charge on any atom is -0.369 e. The van der Waals surface area contributed by atoms with Gasteiger partial charge >= 0.3 is 0 Å². The molecule has 0 atom stereocenters. The van der Waals surface area contributed by atoms with Crippen molar-refractivity contribution in [2.45, 2.75) is 45.4 Å². The Morgan fingerprint density at radius 3 is 2.26 bits per heavy atom. The van der Waals surface area contributed by atoms with Gasteiger partial charge in [-0.3, -0.25) is 0 Å². The Morgan fingerprint density at radius 2 is 1.56 bits per heavy atom. The first-order chi connectivity index (χ1) is 13.2. The maximum atomic E-state index is 13.5. The van der Waals surface area contributed by atoms with E-state index in [2.05, 4.69) is 28.9 Å². The van der Waals surface area contributed by atoms with Crippen LogP contribution in [0, 0.1) is 5.82 Å². The van der Waals surface area contributed by atoms with Gasteiger partial charge in [-0.2, -0.15) is 0 Å². The van der Waals surface area contributed by atoms with E-state index < -0.39 is 0 Å². The molecule has 2 aromatic carbocycles. The summed E-state index contributed by atoms with van der Waals surface area (Å²) >= 11 is 0. The molecule has 2 aromatic rings. The van der Waals surface area contributed by atoms with Crippen LogP contribution in [0.3, 0.4) is 0 Å². The zero-order valence-corrected chi connectivity index (χ0v) is 16.5. The molecule has 1 saturated heterocycles. The molecule has 0 bridgehead atoms. The van der Waals surface area contributed by atoms with Gasteiger partial charge in [0, 0.05) is 31.9 Å². The highest BCUT2D eigenvalue weighted by molar-refractivity contribution is 5.74. The first-order valence-electron chi connectivity index (χ1n) is 10.6. The van der Waals surface area contributed by atoms with Gasteiger partial charge in [0.05, 0.1) is 0 Å².